The van der Waals surface area contributed by atoms with E-state index in [2.05, 4.69) is 4.74 Å². The lowest BCUT2D eigenvalue weighted by Gasteiger charge is -2.30. The molecular weight excluding hydrogens is 176 g/mol. The molecule has 0 amide bonds. The normalized spacial score (nSPS) is 49.5. The molecule has 0 aliphatic carbocycles. The Morgan fingerprint density at radius 3 is 3.00 bits per heavy atom. The van der Waals surface area contributed by atoms with Gasteiger partial charge in [0.15, 0.2) is 6.10 Å². The van der Waals surface area contributed by atoms with Gasteiger partial charge < -0.3 is 19.3 Å². The van der Waals surface area contributed by atoms with Crippen molar-refractivity contribution in [2.45, 2.75) is 37.8 Å². The number of cyclic esters (lactones) is 1. The lowest BCUT2D eigenvalue weighted by Crippen LogP contribution is -2.50. The number of hydrogen-bond acceptors (Lipinski definition) is 5. The van der Waals surface area contributed by atoms with Gasteiger partial charge in [-0.25, -0.2) is 4.79 Å². The summed E-state index contributed by atoms with van der Waals surface area (Å²) in [5.74, 6) is 0. The molecule has 2 rings (SSSR count). The molecule has 0 saturated carbocycles. The van der Waals surface area contributed by atoms with E-state index >= 15 is 0 Å². The Morgan fingerprint density at radius 1 is 1.62 bits per heavy atom. The highest BCUT2D eigenvalue weighted by molar-refractivity contribution is 5.61. The summed E-state index contributed by atoms with van der Waals surface area (Å²) in [5, 5.41) is 9.92. The molecule has 0 radical (unpaired) electrons. The van der Waals surface area contributed by atoms with Crippen molar-refractivity contribution >= 4 is 6.16 Å². The van der Waals surface area contributed by atoms with Gasteiger partial charge in [0, 0.05) is 0 Å². The molecule has 0 aromatic heterocycles. The number of rotatable bonds is 0. The Labute approximate surface area is 75.6 Å². The molecule has 0 aromatic rings. The van der Waals surface area contributed by atoms with Crippen molar-refractivity contribution in [1.29, 1.82) is 0 Å². The van der Waals surface area contributed by atoms with Gasteiger partial charge in [0.25, 0.3) is 0 Å². The minimum atomic E-state index is -1.12. The van der Waals surface area contributed by atoms with Crippen LogP contribution in [0.15, 0.2) is 0 Å². The van der Waals surface area contributed by atoms with Gasteiger partial charge in [0.05, 0.1) is 6.10 Å². The minimum Gasteiger partial charge on any atom is -0.431 e. The zero-order valence-corrected chi connectivity index (χ0v) is 7.52. The molecule has 2 fully saturated rings. The molecule has 4 atom stereocenters. The lowest BCUT2D eigenvalue weighted by atomic mass is 9.93. The molecule has 13 heavy (non-hydrogen) atoms. The largest absolute Gasteiger partial charge is 0.508 e. The maximum Gasteiger partial charge on any atom is 0.508 e. The van der Waals surface area contributed by atoms with Crippen molar-refractivity contribution in [1.82, 2.24) is 0 Å². The predicted molar refractivity (Wildman–Crippen MR) is 41.2 cm³/mol. The van der Waals surface area contributed by atoms with Crippen LogP contribution in [0.25, 0.3) is 0 Å². The summed E-state index contributed by atoms with van der Waals surface area (Å²) in [4.78, 5) is 10.8. The molecule has 0 aromatic carbocycles. The Hall–Kier alpha value is -0.810. The molecule has 5 heteroatoms. The van der Waals surface area contributed by atoms with E-state index in [4.69, 9.17) is 9.47 Å². The van der Waals surface area contributed by atoms with E-state index < -0.39 is 17.9 Å². The molecule has 0 bridgehead atoms. The van der Waals surface area contributed by atoms with Gasteiger partial charge in [-0.1, -0.05) is 0 Å². The number of fused-ring (bicyclic) bond motifs is 1. The highest BCUT2D eigenvalue weighted by Crippen LogP contribution is 2.35. The number of aliphatic hydroxyl groups is 1. The van der Waals surface area contributed by atoms with Gasteiger partial charge in [-0.3, -0.25) is 0 Å². The fraction of sp³-hybridized carbons (Fsp3) is 0.875. The van der Waals surface area contributed by atoms with E-state index in [-0.39, 0.29) is 18.8 Å². The SMILES string of the molecule is CC1OC2COC(=O)O[C@H]2[C@]1(C)O. The predicted octanol–water partition coefficient (Wildman–Crippen LogP) is 0.0601. The molecule has 5 nitrogen and oxygen atoms in total. The van der Waals surface area contributed by atoms with Crippen molar-refractivity contribution in [3.05, 3.63) is 0 Å². The van der Waals surface area contributed by atoms with Crippen LogP contribution in [0.1, 0.15) is 13.8 Å². The molecule has 1 N–H and O–H groups in total. The van der Waals surface area contributed by atoms with Crippen molar-refractivity contribution in [3.8, 4) is 0 Å². The third-order valence-electron chi connectivity index (χ3n) is 2.70. The topological polar surface area (TPSA) is 65.0 Å². The van der Waals surface area contributed by atoms with Crippen LogP contribution in [0.2, 0.25) is 0 Å². The quantitative estimate of drug-likeness (QED) is 0.544. The smallest absolute Gasteiger partial charge is 0.431 e. The summed E-state index contributed by atoms with van der Waals surface area (Å²) in [6.45, 7) is 3.50. The summed E-state index contributed by atoms with van der Waals surface area (Å²) in [7, 11) is 0. The van der Waals surface area contributed by atoms with Crippen LogP contribution in [-0.2, 0) is 14.2 Å². The van der Waals surface area contributed by atoms with Gasteiger partial charge >= 0.3 is 6.16 Å². The molecule has 2 heterocycles. The van der Waals surface area contributed by atoms with Crippen LogP contribution in [0.3, 0.4) is 0 Å². The Bertz CT molecular complexity index is 237. The van der Waals surface area contributed by atoms with Gasteiger partial charge in [-0.15, -0.1) is 0 Å². The van der Waals surface area contributed by atoms with Crippen LogP contribution < -0.4 is 0 Å². The van der Waals surface area contributed by atoms with Crippen molar-refractivity contribution < 1.29 is 24.1 Å². The maximum atomic E-state index is 10.8. The molecule has 2 aliphatic heterocycles. The second-order valence-electron chi connectivity index (χ2n) is 3.64. The second-order valence-corrected chi connectivity index (χ2v) is 3.64. The van der Waals surface area contributed by atoms with Crippen LogP contribution in [0, 0.1) is 0 Å². The van der Waals surface area contributed by atoms with Crippen molar-refractivity contribution in [2.75, 3.05) is 6.61 Å². The first-order chi connectivity index (χ1) is 6.01. The van der Waals surface area contributed by atoms with E-state index in [1.165, 1.54) is 0 Å². The van der Waals surface area contributed by atoms with Crippen molar-refractivity contribution in [2.24, 2.45) is 0 Å². The Balaban J connectivity index is 2.20. The molecule has 2 unspecified atom stereocenters. The fourth-order valence-electron chi connectivity index (χ4n) is 1.69. The number of ether oxygens (including phenoxy) is 3. The summed E-state index contributed by atoms with van der Waals surface area (Å²) >= 11 is 0. The van der Waals surface area contributed by atoms with E-state index in [1.807, 2.05) is 0 Å². The molecule has 0 spiro atoms. The van der Waals surface area contributed by atoms with Gasteiger partial charge in [-0.2, -0.15) is 0 Å². The van der Waals surface area contributed by atoms with E-state index in [1.54, 1.807) is 13.8 Å². The molecular formula is C8H12O5. The highest BCUT2D eigenvalue weighted by Gasteiger charge is 2.55. The fourth-order valence-corrected chi connectivity index (χ4v) is 1.69. The van der Waals surface area contributed by atoms with Gasteiger partial charge in [0.1, 0.15) is 18.3 Å². The first-order valence-corrected chi connectivity index (χ1v) is 4.23. The third kappa shape index (κ3) is 1.19. The molecule has 74 valence electrons. The van der Waals surface area contributed by atoms with Crippen LogP contribution >= 0.6 is 0 Å². The van der Waals surface area contributed by atoms with E-state index in [9.17, 15) is 9.90 Å². The standard InChI is InChI=1S/C8H12O5/c1-4-8(2,10)6-5(12-4)3-11-7(9)13-6/h4-6,10H,3H2,1-2H3/t4?,5?,6-,8-/m1/s1. The first kappa shape index (κ1) is 8.77. The molecule has 2 saturated heterocycles. The highest BCUT2D eigenvalue weighted by atomic mass is 16.8. The van der Waals surface area contributed by atoms with Crippen LogP contribution in [-0.4, -0.2) is 41.8 Å². The Kier molecular flexibility index (Phi) is 1.75. The Morgan fingerprint density at radius 2 is 2.31 bits per heavy atom. The summed E-state index contributed by atoms with van der Waals surface area (Å²) in [5.41, 5.74) is -1.12. The minimum absolute atomic E-state index is 0.157. The number of carbonyl (C=O) groups excluding carboxylic acids is 1. The monoisotopic (exact) mass is 188 g/mol. The average molecular weight is 188 g/mol. The second kappa shape index (κ2) is 2.59. The zero-order valence-electron chi connectivity index (χ0n) is 7.52. The van der Waals surface area contributed by atoms with Gasteiger partial charge in [0.2, 0.25) is 0 Å². The zero-order chi connectivity index (χ0) is 9.64. The van der Waals surface area contributed by atoms with Crippen LogP contribution in [0.4, 0.5) is 4.79 Å². The number of carbonyl (C=O) groups is 1. The van der Waals surface area contributed by atoms with E-state index in [0.29, 0.717) is 0 Å². The first-order valence-electron chi connectivity index (χ1n) is 4.23. The number of hydrogen-bond donors (Lipinski definition) is 1. The third-order valence-corrected chi connectivity index (χ3v) is 2.70. The summed E-state index contributed by atoms with van der Waals surface area (Å²) in [6.07, 6.45) is -2.04. The van der Waals surface area contributed by atoms with Crippen molar-refractivity contribution in [3.63, 3.8) is 0 Å². The summed E-state index contributed by atoms with van der Waals surface area (Å²) < 4.78 is 14.9. The maximum absolute atomic E-state index is 10.8. The van der Waals surface area contributed by atoms with Gasteiger partial charge in [-0.05, 0) is 13.8 Å². The van der Waals surface area contributed by atoms with E-state index in [0.717, 1.165) is 0 Å². The van der Waals surface area contributed by atoms with Crippen LogP contribution in [0.5, 0.6) is 0 Å². The summed E-state index contributed by atoms with van der Waals surface area (Å²) in [6, 6.07) is 0. The molecule has 2 aliphatic rings. The lowest BCUT2D eigenvalue weighted by molar-refractivity contribution is -0.110. The average Bonchev–Trinajstić information content (AvgIpc) is 2.27.